The molecule has 2 heterocycles. The highest BCUT2D eigenvalue weighted by Crippen LogP contribution is 2.32. The molecule has 0 bridgehead atoms. The second-order valence-electron chi connectivity index (χ2n) is 6.15. The van der Waals surface area contributed by atoms with Crippen molar-refractivity contribution in [3.63, 3.8) is 0 Å². The Morgan fingerprint density at radius 1 is 1.38 bits per heavy atom. The molecule has 3 rings (SSSR count). The summed E-state index contributed by atoms with van der Waals surface area (Å²) in [5, 5.41) is 10.6. The maximum absolute atomic E-state index is 13.6. The standard InChI is InChI=1S/C18H19FN2O4S/c1-10-20-15(16(26-10)11-4-3-5-12(19)8-11)17(23)21-9-13(22)6-7-14(21)18(24)25-2/h3-5,8,13-14,22H,6-7,9H2,1-2H3. The van der Waals surface area contributed by atoms with Crippen molar-refractivity contribution >= 4 is 23.2 Å². The lowest BCUT2D eigenvalue weighted by atomic mass is 9.99. The van der Waals surface area contributed by atoms with Crippen LogP contribution >= 0.6 is 11.3 Å². The first-order valence-corrected chi connectivity index (χ1v) is 9.02. The van der Waals surface area contributed by atoms with Crippen molar-refractivity contribution in [2.24, 2.45) is 0 Å². The third kappa shape index (κ3) is 3.61. The van der Waals surface area contributed by atoms with Crippen LogP contribution in [0.25, 0.3) is 10.4 Å². The Bertz CT molecular complexity index is 838. The van der Waals surface area contributed by atoms with Crippen LogP contribution in [0.15, 0.2) is 24.3 Å². The number of likely N-dealkylation sites (tertiary alicyclic amines) is 1. The SMILES string of the molecule is COC(=O)C1CCC(O)CN1C(=O)c1nc(C)sc1-c1cccc(F)c1. The van der Waals surface area contributed by atoms with Gasteiger partial charge in [0.25, 0.3) is 5.91 Å². The molecule has 0 saturated carbocycles. The van der Waals surface area contributed by atoms with Crippen LogP contribution in [0.3, 0.4) is 0 Å². The van der Waals surface area contributed by atoms with E-state index in [1.165, 1.54) is 35.5 Å². The molecule has 6 nitrogen and oxygen atoms in total. The Labute approximate surface area is 154 Å². The van der Waals surface area contributed by atoms with Crippen LogP contribution in [0.4, 0.5) is 4.39 Å². The average molecular weight is 378 g/mol. The van der Waals surface area contributed by atoms with E-state index < -0.39 is 29.8 Å². The number of esters is 1. The second kappa shape index (κ2) is 7.51. The summed E-state index contributed by atoms with van der Waals surface area (Å²) in [5.74, 6) is -1.40. The lowest BCUT2D eigenvalue weighted by molar-refractivity contribution is -0.148. The number of aromatic nitrogens is 1. The van der Waals surface area contributed by atoms with E-state index in [9.17, 15) is 19.1 Å². The maximum Gasteiger partial charge on any atom is 0.328 e. The van der Waals surface area contributed by atoms with E-state index in [-0.39, 0.29) is 12.2 Å². The Hall–Kier alpha value is -2.32. The van der Waals surface area contributed by atoms with Crippen molar-refractivity contribution in [1.82, 2.24) is 9.88 Å². The third-order valence-corrected chi connectivity index (χ3v) is 5.33. The molecule has 0 radical (unpaired) electrons. The van der Waals surface area contributed by atoms with Crippen LogP contribution in [-0.2, 0) is 9.53 Å². The molecule has 1 amide bonds. The molecular formula is C18H19FN2O4S. The number of carbonyl (C=O) groups is 2. The number of hydrogen-bond acceptors (Lipinski definition) is 6. The first kappa shape index (κ1) is 18.5. The number of benzene rings is 1. The lowest BCUT2D eigenvalue weighted by Crippen LogP contribution is -2.52. The number of amides is 1. The van der Waals surface area contributed by atoms with Gasteiger partial charge in [-0.1, -0.05) is 12.1 Å². The minimum atomic E-state index is -0.765. The van der Waals surface area contributed by atoms with E-state index in [1.807, 2.05) is 0 Å². The molecule has 26 heavy (non-hydrogen) atoms. The van der Waals surface area contributed by atoms with Gasteiger partial charge in [0.1, 0.15) is 17.6 Å². The second-order valence-corrected chi connectivity index (χ2v) is 7.35. The van der Waals surface area contributed by atoms with Gasteiger partial charge in [-0.3, -0.25) is 4.79 Å². The van der Waals surface area contributed by atoms with Crippen molar-refractivity contribution in [3.8, 4) is 10.4 Å². The third-order valence-electron chi connectivity index (χ3n) is 4.31. The average Bonchev–Trinajstić information content (AvgIpc) is 3.02. The zero-order chi connectivity index (χ0) is 18.8. The molecule has 1 fully saturated rings. The van der Waals surface area contributed by atoms with Gasteiger partial charge in [-0.15, -0.1) is 11.3 Å². The van der Waals surface area contributed by atoms with Crippen molar-refractivity contribution in [2.75, 3.05) is 13.7 Å². The van der Waals surface area contributed by atoms with Crippen LogP contribution in [0.5, 0.6) is 0 Å². The number of ether oxygens (including phenoxy) is 1. The molecule has 2 atom stereocenters. The van der Waals surface area contributed by atoms with E-state index in [2.05, 4.69) is 4.98 Å². The fourth-order valence-corrected chi connectivity index (χ4v) is 4.00. The number of hydrogen-bond donors (Lipinski definition) is 1. The summed E-state index contributed by atoms with van der Waals surface area (Å²) in [7, 11) is 1.27. The first-order valence-electron chi connectivity index (χ1n) is 8.21. The molecular weight excluding hydrogens is 359 g/mol. The van der Waals surface area contributed by atoms with Gasteiger partial charge in [-0.2, -0.15) is 0 Å². The number of rotatable bonds is 3. The van der Waals surface area contributed by atoms with Gasteiger partial charge >= 0.3 is 5.97 Å². The molecule has 0 aliphatic carbocycles. The van der Waals surface area contributed by atoms with Crippen LogP contribution in [0.1, 0.15) is 28.3 Å². The molecule has 2 aromatic rings. The normalized spacial score (nSPS) is 20.1. The van der Waals surface area contributed by atoms with Crippen molar-refractivity contribution in [3.05, 3.63) is 40.8 Å². The fraction of sp³-hybridized carbons (Fsp3) is 0.389. The van der Waals surface area contributed by atoms with Crippen LogP contribution < -0.4 is 0 Å². The Morgan fingerprint density at radius 3 is 2.85 bits per heavy atom. The topological polar surface area (TPSA) is 79.7 Å². The van der Waals surface area contributed by atoms with Gasteiger partial charge in [0.05, 0.1) is 23.1 Å². The highest BCUT2D eigenvalue weighted by molar-refractivity contribution is 7.15. The number of nitrogens with zero attached hydrogens (tertiary/aromatic N) is 2. The summed E-state index contributed by atoms with van der Waals surface area (Å²) in [6.07, 6.45) is 0.0196. The molecule has 8 heteroatoms. The van der Waals surface area contributed by atoms with E-state index >= 15 is 0 Å². The van der Waals surface area contributed by atoms with Crippen molar-refractivity contribution in [2.45, 2.75) is 31.9 Å². The van der Waals surface area contributed by atoms with Crippen molar-refractivity contribution < 1.29 is 23.8 Å². The minimum Gasteiger partial charge on any atom is -0.467 e. The lowest BCUT2D eigenvalue weighted by Gasteiger charge is -2.35. The molecule has 1 aliphatic heterocycles. The van der Waals surface area contributed by atoms with Gasteiger partial charge in [0.15, 0.2) is 0 Å². The highest BCUT2D eigenvalue weighted by Gasteiger charge is 2.38. The zero-order valence-corrected chi connectivity index (χ0v) is 15.3. The van der Waals surface area contributed by atoms with Crippen LogP contribution in [-0.4, -0.2) is 52.7 Å². The van der Waals surface area contributed by atoms with Gasteiger partial charge in [-0.25, -0.2) is 14.2 Å². The number of carbonyl (C=O) groups excluding carboxylic acids is 2. The Balaban J connectivity index is 2.00. The molecule has 1 N–H and O–H groups in total. The van der Waals surface area contributed by atoms with E-state index in [1.54, 1.807) is 19.1 Å². The molecule has 138 valence electrons. The summed E-state index contributed by atoms with van der Waals surface area (Å²) < 4.78 is 18.4. The van der Waals surface area contributed by atoms with Gasteiger partial charge in [0, 0.05) is 6.54 Å². The predicted molar refractivity (Wildman–Crippen MR) is 94.3 cm³/mol. The van der Waals surface area contributed by atoms with Gasteiger partial charge in [-0.05, 0) is 37.5 Å². The van der Waals surface area contributed by atoms with Crippen LogP contribution in [0, 0.1) is 12.7 Å². The smallest absolute Gasteiger partial charge is 0.328 e. The molecule has 1 aromatic heterocycles. The summed E-state index contributed by atoms with van der Waals surface area (Å²) in [5.41, 5.74) is 0.701. The molecule has 2 unspecified atom stereocenters. The first-order chi connectivity index (χ1) is 12.4. The number of β-amino-alcohol motifs (C(OH)–C–C–N with tert-alkyl or cyclic N) is 1. The maximum atomic E-state index is 13.6. The number of aliphatic hydroxyl groups is 1. The fourth-order valence-electron chi connectivity index (χ4n) is 3.09. The number of halogens is 1. The van der Waals surface area contributed by atoms with Gasteiger partial charge in [0.2, 0.25) is 0 Å². The molecule has 0 spiro atoms. The zero-order valence-electron chi connectivity index (χ0n) is 14.4. The Kier molecular flexibility index (Phi) is 5.33. The number of piperidine rings is 1. The summed E-state index contributed by atoms with van der Waals surface area (Å²) in [6, 6.07) is 5.17. The number of aryl methyl sites for hydroxylation is 1. The summed E-state index contributed by atoms with van der Waals surface area (Å²) in [4.78, 5) is 31.3. The van der Waals surface area contributed by atoms with Crippen molar-refractivity contribution in [1.29, 1.82) is 0 Å². The number of methoxy groups -OCH3 is 1. The Morgan fingerprint density at radius 2 is 2.15 bits per heavy atom. The van der Waals surface area contributed by atoms with Gasteiger partial charge < -0.3 is 14.7 Å². The largest absolute Gasteiger partial charge is 0.467 e. The minimum absolute atomic E-state index is 0.0256. The van der Waals surface area contributed by atoms with E-state index in [0.29, 0.717) is 28.3 Å². The molecule has 1 saturated heterocycles. The van der Waals surface area contributed by atoms with E-state index in [4.69, 9.17) is 4.74 Å². The monoisotopic (exact) mass is 378 g/mol. The highest BCUT2D eigenvalue weighted by atomic mass is 32.1. The quantitative estimate of drug-likeness (QED) is 0.830. The molecule has 1 aromatic carbocycles. The molecule has 1 aliphatic rings. The summed E-state index contributed by atoms with van der Waals surface area (Å²) >= 11 is 1.28. The number of aliphatic hydroxyl groups excluding tert-OH is 1. The van der Waals surface area contributed by atoms with E-state index in [0.717, 1.165) is 0 Å². The summed E-state index contributed by atoms with van der Waals surface area (Å²) in [6.45, 7) is 1.78. The van der Waals surface area contributed by atoms with Crippen LogP contribution in [0.2, 0.25) is 0 Å². The predicted octanol–water partition coefficient (Wildman–Crippen LogP) is 2.40. The number of thiazole rings is 1.